The molecule has 0 spiro atoms. The van der Waals surface area contributed by atoms with Crippen molar-refractivity contribution in [2.45, 2.75) is 227 Å². The molecular weight excluding hydrogens is 1590 g/mol. The van der Waals surface area contributed by atoms with E-state index in [0.717, 1.165) is 69.3 Å². The Hall–Kier alpha value is -8.42. The summed E-state index contributed by atoms with van der Waals surface area (Å²) < 4.78 is 0. The number of hydrogen-bond acceptors (Lipinski definition) is 20. The van der Waals surface area contributed by atoms with Gasteiger partial charge in [-0.25, -0.2) is 4.79 Å². The number of carboxylic acids is 1. The second kappa shape index (κ2) is 40.1. The maximum absolute atomic E-state index is 13.9. The Labute approximate surface area is 735 Å². The van der Waals surface area contributed by atoms with E-state index in [1.807, 2.05) is 115 Å². The molecule has 0 aromatic heterocycles. The number of aliphatic hydroxyl groups excluding tert-OH is 8. The zero-order valence-corrected chi connectivity index (χ0v) is 74.5. The van der Waals surface area contributed by atoms with Crippen molar-refractivity contribution in [3.05, 3.63) is 179 Å². The lowest BCUT2D eigenvalue weighted by atomic mass is 9.45. The van der Waals surface area contributed by atoms with Crippen molar-refractivity contribution in [2.75, 3.05) is 46.1 Å². The van der Waals surface area contributed by atoms with Crippen LogP contribution in [0.5, 0.6) is 0 Å². The molecule has 14 N–H and O–H groups in total. The molecule has 6 aromatic rings. The molecule has 12 fully saturated rings. The van der Waals surface area contributed by atoms with Crippen LogP contribution in [0.15, 0.2) is 146 Å². The lowest BCUT2D eigenvalue weighted by Gasteiger charge is -2.62. The summed E-state index contributed by atoms with van der Waals surface area (Å²) in [6, 6.07) is 42.8. The number of aliphatic hydroxyl groups is 8. The van der Waals surface area contributed by atoms with Crippen molar-refractivity contribution >= 4 is 35.5 Å². The fourth-order valence-corrected chi connectivity index (χ4v) is 22.8. The van der Waals surface area contributed by atoms with Gasteiger partial charge in [-0.1, -0.05) is 153 Å². The zero-order valence-electron chi connectivity index (χ0n) is 74.5. The summed E-state index contributed by atoms with van der Waals surface area (Å²) in [7, 11) is 0. The summed E-state index contributed by atoms with van der Waals surface area (Å²) in [5.74, 6) is 0.965. The second-order valence-corrected chi connectivity index (χ2v) is 39.0. The van der Waals surface area contributed by atoms with E-state index in [-0.39, 0.29) is 106 Å². The number of hydrogen-bond donors (Lipinski definition) is 14. The highest BCUT2D eigenvalue weighted by molar-refractivity contribution is 5.96. The van der Waals surface area contributed by atoms with Gasteiger partial charge in [0.1, 0.15) is 36.4 Å². The zero-order chi connectivity index (χ0) is 89.8. The lowest BCUT2D eigenvalue weighted by molar-refractivity contribution is -0.183. The molecule has 125 heavy (non-hydrogen) atoms. The smallest absolute Gasteiger partial charge is 0.335 e. The summed E-state index contributed by atoms with van der Waals surface area (Å²) in [6.07, 6.45) is 2.83. The number of carboxylic acid groups (broad SMARTS) is 1. The third-order valence-electron chi connectivity index (χ3n) is 30.6. The molecule has 26 nitrogen and oxygen atoms in total. The molecule has 9 saturated carbocycles. The molecule has 3 saturated heterocycles. The van der Waals surface area contributed by atoms with Gasteiger partial charge in [-0.05, 0) is 246 Å². The highest BCUT2D eigenvalue weighted by Crippen LogP contribution is 2.64. The number of rotatable bonds is 30. The van der Waals surface area contributed by atoms with Crippen LogP contribution in [0.3, 0.4) is 0 Å². The van der Waals surface area contributed by atoms with Crippen LogP contribution in [0.25, 0.3) is 33.4 Å². The highest BCUT2D eigenvalue weighted by Gasteiger charge is 2.61. The maximum atomic E-state index is 13.9. The lowest BCUT2D eigenvalue weighted by Crippen LogP contribution is -2.62. The first-order chi connectivity index (χ1) is 59.6. The number of carbonyl (C=O) groups is 6. The SMILES string of the molecule is C[C@@H]1[C@@H](NC(=O)[C@@H]2[C@H]([C@H](C)O)[C@H](CO)ON2Cc2cccc(-c3cccc(C(=O)NCCCO)c3)c2)C[C@H]2C[C@@H]1C2(C)C.C[C@@H]1[C@@H](NC(=O)[C@@H]2[C@H]([C@H](C)O)[C@H](CO)ON2Cc2cccc(-c3cccc(C(=O)NCCCO)c3)c2)C[C@H]2C[C@@H]1C2(C)C.C[C@@H]1[C@@H](NC(=O)[C@@H]2[C@H]([C@H](C)O)[C@H](CO)ON2Cc2cccc(-c3cccc(C(=O)O)c3)c2)C[C@H]2C[C@@H]1C2(C)C. The third-order valence-corrected chi connectivity index (χ3v) is 30.6. The maximum Gasteiger partial charge on any atom is 0.335 e. The number of fused-ring (bicyclic) bond motifs is 6. The molecule has 26 heteroatoms. The minimum absolute atomic E-state index is 0.0202. The van der Waals surface area contributed by atoms with Crippen LogP contribution < -0.4 is 26.6 Å². The highest BCUT2D eigenvalue weighted by atomic mass is 16.7. The predicted molar refractivity (Wildman–Crippen MR) is 473 cm³/mol. The van der Waals surface area contributed by atoms with Gasteiger partial charge < -0.3 is 72.5 Å². The van der Waals surface area contributed by atoms with E-state index in [9.17, 15) is 64.5 Å². The topological polar surface area (TPSA) is 382 Å². The van der Waals surface area contributed by atoms with E-state index < -0.39 is 78.5 Å². The normalized spacial score (nSPS) is 31.0. The molecule has 12 aliphatic rings. The summed E-state index contributed by atoms with van der Waals surface area (Å²) in [6.45, 7) is 26.4. The van der Waals surface area contributed by atoms with Gasteiger partial charge in [0.25, 0.3) is 11.8 Å². The number of benzene rings is 6. The third kappa shape index (κ3) is 20.2. The fourth-order valence-electron chi connectivity index (χ4n) is 22.8. The number of nitrogens with zero attached hydrogens (tertiary/aromatic N) is 3. The van der Waals surface area contributed by atoms with Gasteiger partial charge in [-0.15, -0.1) is 0 Å². The average Bonchev–Trinajstić information content (AvgIpc) is 1.41. The Morgan fingerprint density at radius 2 is 0.656 bits per heavy atom. The van der Waals surface area contributed by atoms with Crippen LogP contribution in [-0.2, 0) is 48.5 Å². The minimum atomic E-state index is -0.986. The Morgan fingerprint density at radius 1 is 0.392 bits per heavy atom. The standard InChI is InChI=1S/2C34H47N3O6.C31H40N2O6/c2*1-20-27-16-26(34(27,3)4)17-28(20)36-33(42)31-30(21(2)40)29(19-39)43-37(31)18-22-8-5-9-23(14-22)24-10-6-11-25(15-24)32(41)35-12-7-13-38;1-17-24-13-23(31(24,3)4)14-25(17)32-29(36)28-27(18(2)35)26(16-34)39-33(28)15-19-7-5-8-20(11-19)21-9-6-10-22(12-21)30(37)38/h2*5-6,8-11,14-15,20-21,26-31,38-40H,7,12-13,16-19H2,1-4H3,(H,35,41)(H,36,42);5-12,17-18,23-28,34-35H,13-16H2,1-4H3,(H,32,36)(H,37,38)/t2*20-,21-,26+,27-,28-,29-,30+,31-;17-,18-,23+,24-,25-,26-,27+,28-/m000/s1. The van der Waals surface area contributed by atoms with Crippen molar-refractivity contribution in [3.8, 4) is 33.4 Å². The van der Waals surface area contributed by atoms with Gasteiger partial charge in [0.15, 0.2) is 0 Å². The van der Waals surface area contributed by atoms with Gasteiger partial charge in [0, 0.05) is 73.3 Å². The molecule has 0 radical (unpaired) electrons. The molecule has 5 amide bonds. The molecule has 3 heterocycles. The van der Waals surface area contributed by atoms with E-state index >= 15 is 0 Å². The van der Waals surface area contributed by atoms with Crippen molar-refractivity contribution in [2.24, 2.45) is 87.3 Å². The van der Waals surface area contributed by atoms with Crippen LogP contribution in [0.4, 0.5) is 0 Å². The molecular formula is C99H134N8O18. The molecule has 9 aliphatic carbocycles. The monoisotopic (exact) mass is 1720 g/mol. The molecule has 6 aromatic carbocycles. The second-order valence-electron chi connectivity index (χ2n) is 39.0. The van der Waals surface area contributed by atoms with Gasteiger partial charge in [0.2, 0.25) is 17.7 Å². The van der Waals surface area contributed by atoms with E-state index in [0.29, 0.717) is 107 Å². The first kappa shape index (κ1) is 94.2. The number of hydroxylamine groups is 6. The van der Waals surface area contributed by atoms with Gasteiger partial charge in [0.05, 0.1) is 63.3 Å². The van der Waals surface area contributed by atoms with Crippen LogP contribution >= 0.6 is 0 Å². The minimum Gasteiger partial charge on any atom is -0.478 e. The van der Waals surface area contributed by atoms with Crippen LogP contribution in [0.1, 0.15) is 182 Å². The van der Waals surface area contributed by atoms with E-state index in [2.05, 4.69) is 88.9 Å². The summed E-state index contributed by atoms with van der Waals surface area (Å²) in [4.78, 5) is 96.6. The van der Waals surface area contributed by atoms with E-state index in [1.165, 1.54) is 19.3 Å². The molecule has 0 unspecified atom stereocenters. The van der Waals surface area contributed by atoms with Gasteiger partial charge in [-0.3, -0.25) is 38.5 Å². The first-order valence-electron chi connectivity index (χ1n) is 45.3. The van der Waals surface area contributed by atoms with Crippen molar-refractivity contribution in [1.82, 2.24) is 41.8 Å². The largest absolute Gasteiger partial charge is 0.478 e. The van der Waals surface area contributed by atoms with Gasteiger partial charge >= 0.3 is 5.97 Å². The Bertz CT molecular complexity index is 4550. The molecule has 6 bridgehead atoms. The summed E-state index contributed by atoms with van der Waals surface area (Å²) in [5.41, 5.74) is 10.0. The quantitative estimate of drug-likeness (QED) is 0.0186. The van der Waals surface area contributed by atoms with Crippen molar-refractivity contribution < 1.29 is 89.2 Å². The Morgan fingerprint density at radius 3 is 0.904 bits per heavy atom. The van der Waals surface area contributed by atoms with Crippen molar-refractivity contribution in [3.63, 3.8) is 0 Å². The van der Waals surface area contributed by atoms with Crippen LogP contribution in [-0.4, -0.2) is 216 Å². The van der Waals surface area contributed by atoms with E-state index in [4.69, 9.17) is 24.7 Å². The average molecular weight is 1720 g/mol. The summed E-state index contributed by atoms with van der Waals surface area (Å²) in [5, 5.41) is 110. The molecule has 18 rings (SSSR count). The summed E-state index contributed by atoms with van der Waals surface area (Å²) >= 11 is 0. The number of amides is 5. The van der Waals surface area contributed by atoms with Crippen LogP contribution in [0.2, 0.25) is 0 Å². The fraction of sp³-hybridized carbons (Fsp3) is 0.576. The van der Waals surface area contributed by atoms with Crippen LogP contribution in [0, 0.1) is 87.3 Å². The Balaban J connectivity index is 0.000000161. The number of carbonyl (C=O) groups excluding carboxylic acids is 5. The predicted octanol–water partition coefficient (Wildman–Crippen LogP) is 9.97. The molecule has 3 aliphatic heterocycles. The molecule has 24 atom stereocenters. The Kier molecular flexibility index (Phi) is 30.2. The number of nitrogens with one attached hydrogen (secondary N) is 5. The molecule has 678 valence electrons. The van der Waals surface area contributed by atoms with Gasteiger partial charge in [-0.2, -0.15) is 15.2 Å². The van der Waals surface area contributed by atoms with Crippen molar-refractivity contribution in [1.29, 1.82) is 0 Å². The van der Waals surface area contributed by atoms with E-state index in [1.54, 1.807) is 66.3 Å². The number of aromatic carboxylic acids is 1. The first-order valence-corrected chi connectivity index (χ1v) is 45.3.